The van der Waals surface area contributed by atoms with Crippen LogP contribution in [0, 0.1) is 10.8 Å². The van der Waals surface area contributed by atoms with Gasteiger partial charge in [-0.2, -0.15) is 0 Å². The van der Waals surface area contributed by atoms with E-state index in [1.165, 1.54) is 72.0 Å². The average Bonchev–Trinajstić information content (AvgIpc) is 2.85. The maximum atomic E-state index is 2.37. The quantitative estimate of drug-likeness (QED) is 0.240. The van der Waals surface area contributed by atoms with Crippen molar-refractivity contribution in [2.75, 3.05) is 0 Å². The molecule has 0 atom stereocenters. The summed E-state index contributed by atoms with van der Waals surface area (Å²) in [5, 5.41) is 0. The predicted octanol–water partition coefficient (Wildman–Crippen LogP) is 11.8. The standard InChI is InChI=1S/C40H56.H2O/c1-31(19-13-21-33(3)25-27-37-35(5)23-15-29-39(37,7)8)17-11-12-18-32(2)20-14-22-34(4)26-28-38-36(6)24-16-30-40(38,9)10;/h11-14,17-22,25-28H,15-16,23-24,29-30H2,1-10H3;1H2/b12-11+,19-13+,20-14+,27-25+,28-26+,31-17+,32-18+,33-21+,34-22+;. The van der Waals surface area contributed by atoms with Crippen molar-refractivity contribution < 1.29 is 5.48 Å². The first-order chi connectivity index (χ1) is 18.8. The first-order valence-electron chi connectivity index (χ1n) is 15.3. The fourth-order valence-corrected chi connectivity index (χ4v) is 5.79. The van der Waals surface area contributed by atoms with Crippen molar-refractivity contribution in [3.63, 3.8) is 0 Å². The minimum absolute atomic E-state index is 0. The Morgan fingerprint density at radius 1 is 0.512 bits per heavy atom. The zero-order chi connectivity index (χ0) is 29.8. The number of hydrogen-bond donors (Lipinski definition) is 0. The lowest BCUT2D eigenvalue weighted by Gasteiger charge is -2.33. The third kappa shape index (κ3) is 12.7. The Labute approximate surface area is 253 Å². The molecule has 2 rings (SSSR count). The van der Waals surface area contributed by atoms with E-state index in [4.69, 9.17) is 0 Å². The Morgan fingerprint density at radius 2 is 0.829 bits per heavy atom. The van der Waals surface area contributed by atoms with E-state index in [1.54, 1.807) is 11.1 Å². The molecule has 0 unspecified atom stereocenters. The lowest BCUT2D eigenvalue weighted by Crippen LogP contribution is -2.19. The maximum absolute atomic E-state index is 2.37. The van der Waals surface area contributed by atoms with Crippen LogP contribution in [0.25, 0.3) is 0 Å². The van der Waals surface area contributed by atoms with E-state index in [2.05, 4.69) is 154 Å². The topological polar surface area (TPSA) is 31.5 Å². The van der Waals surface area contributed by atoms with Gasteiger partial charge in [0.15, 0.2) is 0 Å². The highest BCUT2D eigenvalue weighted by atomic mass is 16.0. The van der Waals surface area contributed by atoms with Gasteiger partial charge in [-0.15, -0.1) is 0 Å². The fraction of sp³-hybridized carbons (Fsp3) is 0.450. The third-order valence-electron chi connectivity index (χ3n) is 8.38. The lowest BCUT2D eigenvalue weighted by atomic mass is 9.72. The molecule has 0 heterocycles. The Balaban J connectivity index is 0.00000840. The predicted molar refractivity (Wildman–Crippen MR) is 185 cm³/mol. The van der Waals surface area contributed by atoms with Crippen LogP contribution in [0.5, 0.6) is 0 Å². The lowest BCUT2D eigenvalue weighted by molar-refractivity contribution is 0.376. The molecular weight excluding hydrogens is 496 g/mol. The molecule has 0 saturated carbocycles. The highest BCUT2D eigenvalue weighted by Crippen LogP contribution is 2.41. The highest BCUT2D eigenvalue weighted by Gasteiger charge is 2.27. The van der Waals surface area contributed by atoms with Crippen LogP contribution in [-0.4, -0.2) is 5.48 Å². The first kappa shape index (κ1) is 36.1. The van der Waals surface area contributed by atoms with Gasteiger partial charge >= 0.3 is 0 Å². The summed E-state index contributed by atoms with van der Waals surface area (Å²) in [6.07, 6.45) is 38.4. The summed E-state index contributed by atoms with van der Waals surface area (Å²) in [4.78, 5) is 0. The molecule has 2 aliphatic rings. The molecule has 2 N–H and O–H groups in total. The summed E-state index contributed by atoms with van der Waals surface area (Å²) >= 11 is 0. The molecule has 41 heavy (non-hydrogen) atoms. The van der Waals surface area contributed by atoms with Crippen LogP contribution in [0.1, 0.15) is 108 Å². The molecular formula is C40H58O. The van der Waals surface area contributed by atoms with Crippen LogP contribution in [-0.2, 0) is 0 Å². The van der Waals surface area contributed by atoms with E-state index in [1.807, 2.05) is 0 Å². The molecule has 0 spiro atoms. The summed E-state index contributed by atoms with van der Waals surface area (Å²) in [6.45, 7) is 22.7. The molecule has 0 fully saturated rings. The molecule has 1 heteroatoms. The smallest absolute Gasteiger partial charge is 0.0104 e. The van der Waals surface area contributed by atoms with Gasteiger partial charge in [-0.3, -0.25) is 0 Å². The van der Waals surface area contributed by atoms with E-state index in [0.717, 1.165) is 0 Å². The number of allylic oxidation sites excluding steroid dienone is 22. The van der Waals surface area contributed by atoms with E-state index < -0.39 is 0 Å². The number of rotatable bonds is 10. The Morgan fingerprint density at radius 3 is 1.17 bits per heavy atom. The minimum Gasteiger partial charge on any atom is -0.412 e. The van der Waals surface area contributed by atoms with Gasteiger partial charge in [0.1, 0.15) is 0 Å². The summed E-state index contributed by atoms with van der Waals surface area (Å²) in [5.74, 6) is 0. The molecule has 0 aromatic rings. The molecule has 0 aromatic carbocycles. The van der Waals surface area contributed by atoms with Gasteiger partial charge in [0, 0.05) is 0 Å². The monoisotopic (exact) mass is 554 g/mol. The highest BCUT2D eigenvalue weighted by molar-refractivity contribution is 5.39. The van der Waals surface area contributed by atoms with Crippen LogP contribution in [0.4, 0.5) is 0 Å². The van der Waals surface area contributed by atoms with Crippen molar-refractivity contribution in [1.29, 1.82) is 0 Å². The van der Waals surface area contributed by atoms with Crippen molar-refractivity contribution in [1.82, 2.24) is 0 Å². The Bertz CT molecular complexity index is 1120. The van der Waals surface area contributed by atoms with E-state index >= 15 is 0 Å². The average molecular weight is 555 g/mol. The summed E-state index contributed by atoms with van der Waals surface area (Å²) < 4.78 is 0. The van der Waals surface area contributed by atoms with E-state index in [0.29, 0.717) is 10.8 Å². The minimum atomic E-state index is 0. The Kier molecular flexibility index (Phi) is 15.1. The first-order valence-corrected chi connectivity index (χ1v) is 15.3. The second kappa shape index (κ2) is 17.1. The number of hydrogen-bond acceptors (Lipinski definition) is 0. The van der Waals surface area contributed by atoms with Gasteiger partial charge in [-0.1, -0.05) is 146 Å². The normalized spacial score (nSPS) is 21.4. The van der Waals surface area contributed by atoms with E-state index in [-0.39, 0.29) is 5.48 Å². The summed E-state index contributed by atoms with van der Waals surface area (Å²) in [7, 11) is 0. The molecule has 0 aliphatic heterocycles. The van der Waals surface area contributed by atoms with Crippen molar-refractivity contribution in [3.05, 3.63) is 130 Å². The van der Waals surface area contributed by atoms with Gasteiger partial charge in [0.2, 0.25) is 0 Å². The SMILES string of the molecule is CC1=C(/C=C/C(C)=C/C=C/C(C)=C/C=C/C=C(C)/C=C/C=C(C)/C=C/C2=C(C)CCCC2(C)C)C(C)(C)CCC1.O. The summed E-state index contributed by atoms with van der Waals surface area (Å²) in [6, 6.07) is 0. The van der Waals surface area contributed by atoms with Crippen LogP contribution in [0.15, 0.2) is 130 Å². The van der Waals surface area contributed by atoms with Crippen molar-refractivity contribution in [3.8, 4) is 0 Å². The molecule has 1 nitrogen and oxygen atoms in total. The van der Waals surface area contributed by atoms with E-state index in [9.17, 15) is 0 Å². The van der Waals surface area contributed by atoms with Gasteiger partial charge in [0.05, 0.1) is 0 Å². The van der Waals surface area contributed by atoms with Crippen LogP contribution in [0.2, 0.25) is 0 Å². The van der Waals surface area contributed by atoms with Gasteiger partial charge in [-0.25, -0.2) is 0 Å². The molecule has 0 aromatic heterocycles. The largest absolute Gasteiger partial charge is 0.412 e. The third-order valence-corrected chi connectivity index (χ3v) is 8.38. The maximum Gasteiger partial charge on any atom is -0.0104 e. The Hall–Kier alpha value is -2.90. The fourth-order valence-electron chi connectivity index (χ4n) is 5.79. The zero-order valence-corrected chi connectivity index (χ0v) is 27.8. The van der Waals surface area contributed by atoms with Gasteiger partial charge in [0.25, 0.3) is 0 Å². The van der Waals surface area contributed by atoms with Crippen LogP contribution >= 0.6 is 0 Å². The zero-order valence-electron chi connectivity index (χ0n) is 27.8. The van der Waals surface area contributed by atoms with Crippen molar-refractivity contribution in [2.45, 2.75) is 108 Å². The van der Waals surface area contributed by atoms with Crippen molar-refractivity contribution in [2.24, 2.45) is 10.8 Å². The second-order valence-corrected chi connectivity index (χ2v) is 13.3. The van der Waals surface area contributed by atoms with Gasteiger partial charge < -0.3 is 5.48 Å². The molecule has 224 valence electrons. The van der Waals surface area contributed by atoms with Crippen molar-refractivity contribution >= 4 is 0 Å². The molecule has 0 radical (unpaired) electrons. The molecule has 2 aliphatic carbocycles. The van der Waals surface area contributed by atoms with Crippen LogP contribution in [0.3, 0.4) is 0 Å². The van der Waals surface area contributed by atoms with Crippen LogP contribution < -0.4 is 0 Å². The second-order valence-electron chi connectivity index (χ2n) is 13.3. The summed E-state index contributed by atoms with van der Waals surface area (Å²) in [5.41, 5.74) is 11.7. The molecule has 0 amide bonds. The van der Waals surface area contributed by atoms with Gasteiger partial charge in [-0.05, 0) is 102 Å². The molecule has 0 saturated heterocycles. The molecule has 0 bridgehead atoms.